The van der Waals surface area contributed by atoms with E-state index in [2.05, 4.69) is 49.5 Å². The molecule has 2 aromatic rings. The van der Waals surface area contributed by atoms with Crippen LogP contribution in [0.25, 0.3) is 0 Å². The van der Waals surface area contributed by atoms with E-state index in [1.807, 2.05) is 0 Å². The number of ether oxygens (including phenoxy) is 1. The zero-order valence-electron chi connectivity index (χ0n) is 15.3. The Hall–Kier alpha value is -1.97. The Labute approximate surface area is 158 Å². The highest BCUT2D eigenvalue weighted by atomic mass is 32.1. The highest BCUT2D eigenvalue weighted by Crippen LogP contribution is 2.25. The van der Waals surface area contributed by atoms with Crippen molar-refractivity contribution in [3.05, 3.63) is 45.2 Å². The van der Waals surface area contributed by atoms with Crippen molar-refractivity contribution >= 4 is 28.5 Å². The summed E-state index contributed by atoms with van der Waals surface area (Å²) in [4.78, 5) is 7.26. The number of hydrogen-bond donors (Lipinski definition) is 0. The molecule has 0 bridgehead atoms. The second kappa shape index (κ2) is 7.94. The average Bonchev–Trinajstić information content (AvgIpc) is 2.97. The first-order valence-corrected chi connectivity index (χ1v) is 9.40. The van der Waals surface area contributed by atoms with Crippen molar-refractivity contribution in [2.75, 3.05) is 7.11 Å². The van der Waals surface area contributed by atoms with E-state index >= 15 is 0 Å². The molecule has 25 heavy (non-hydrogen) atoms. The summed E-state index contributed by atoms with van der Waals surface area (Å²) in [5, 5.41) is 9.14. The summed E-state index contributed by atoms with van der Waals surface area (Å²) in [6.07, 6.45) is 3.19. The predicted octanol–water partition coefficient (Wildman–Crippen LogP) is 4.41. The third-order valence-electron chi connectivity index (χ3n) is 3.68. The van der Waals surface area contributed by atoms with Crippen LogP contribution in [0.4, 0.5) is 0 Å². The molecule has 0 atom stereocenters. The first kappa shape index (κ1) is 19.4. The van der Waals surface area contributed by atoms with Crippen molar-refractivity contribution < 1.29 is 4.74 Å². The van der Waals surface area contributed by atoms with Crippen LogP contribution >= 0.6 is 23.6 Å². The predicted molar refractivity (Wildman–Crippen MR) is 106 cm³/mol. The molecule has 0 aliphatic heterocycles. The molecule has 0 aliphatic rings. The van der Waals surface area contributed by atoms with Crippen LogP contribution in [0.1, 0.15) is 50.1 Å². The van der Waals surface area contributed by atoms with Crippen LogP contribution < -0.4 is 9.54 Å². The standard InChI is InChI=1S/C19H23N3OS2/c1-6-9-22-12-16(19(2,3)4)25-18(22)21-17(24)14-10-13(11-20)7-8-15(14)23-5/h7-8,10,12H,6,9H2,1-5H3/b21-18-. The number of hydrogen-bond acceptors (Lipinski definition) is 4. The summed E-state index contributed by atoms with van der Waals surface area (Å²) in [7, 11) is 1.59. The van der Waals surface area contributed by atoms with Crippen LogP contribution in [0.5, 0.6) is 5.75 Å². The Bertz CT molecular complexity index is 879. The van der Waals surface area contributed by atoms with E-state index < -0.39 is 0 Å². The Morgan fingerprint density at radius 2 is 2.12 bits per heavy atom. The van der Waals surface area contributed by atoms with Gasteiger partial charge >= 0.3 is 0 Å². The highest BCUT2D eigenvalue weighted by Gasteiger charge is 2.18. The maximum Gasteiger partial charge on any atom is 0.191 e. The molecule has 0 radical (unpaired) electrons. The van der Waals surface area contributed by atoms with Crippen LogP contribution in [-0.2, 0) is 12.0 Å². The average molecular weight is 374 g/mol. The number of nitriles is 1. The van der Waals surface area contributed by atoms with Crippen LogP contribution in [0.3, 0.4) is 0 Å². The van der Waals surface area contributed by atoms with Gasteiger partial charge in [0, 0.05) is 17.6 Å². The molecule has 1 aromatic carbocycles. The summed E-state index contributed by atoms with van der Waals surface area (Å²) < 4.78 is 7.53. The van der Waals surface area contributed by atoms with E-state index in [9.17, 15) is 0 Å². The molecule has 0 saturated heterocycles. The minimum absolute atomic E-state index is 0.0635. The Morgan fingerprint density at radius 1 is 1.40 bits per heavy atom. The normalized spacial score (nSPS) is 12.1. The van der Waals surface area contributed by atoms with Crippen LogP contribution in [0.2, 0.25) is 0 Å². The molecule has 6 heteroatoms. The molecule has 0 saturated carbocycles. The van der Waals surface area contributed by atoms with Gasteiger partial charge < -0.3 is 9.30 Å². The van der Waals surface area contributed by atoms with Gasteiger partial charge in [-0.1, -0.05) is 39.9 Å². The molecule has 0 amide bonds. The number of methoxy groups -OCH3 is 1. The zero-order chi connectivity index (χ0) is 18.6. The SMILES string of the molecule is CCCn1cc(C(C)(C)C)s/c1=N\C(=S)c1cc(C#N)ccc1OC. The fourth-order valence-electron chi connectivity index (χ4n) is 2.31. The minimum atomic E-state index is 0.0635. The summed E-state index contributed by atoms with van der Waals surface area (Å²) in [6, 6.07) is 7.33. The smallest absolute Gasteiger partial charge is 0.191 e. The quantitative estimate of drug-likeness (QED) is 0.746. The number of thiazole rings is 1. The molecule has 0 unspecified atom stereocenters. The van der Waals surface area contributed by atoms with Gasteiger partial charge in [-0.05, 0) is 30.0 Å². The van der Waals surface area contributed by atoms with Gasteiger partial charge in [-0.2, -0.15) is 5.26 Å². The van der Waals surface area contributed by atoms with Gasteiger partial charge in [0.05, 0.1) is 24.3 Å². The van der Waals surface area contributed by atoms with Crippen LogP contribution in [0.15, 0.2) is 29.4 Å². The Morgan fingerprint density at radius 3 is 2.68 bits per heavy atom. The first-order valence-electron chi connectivity index (χ1n) is 8.18. The number of rotatable bonds is 4. The fourth-order valence-corrected chi connectivity index (χ4v) is 3.69. The molecule has 0 fully saturated rings. The first-order chi connectivity index (χ1) is 11.8. The Balaban J connectivity index is 2.55. The lowest BCUT2D eigenvalue weighted by Crippen LogP contribution is -2.16. The van der Waals surface area contributed by atoms with Crippen molar-refractivity contribution in [3.63, 3.8) is 0 Å². The van der Waals surface area contributed by atoms with Crippen molar-refractivity contribution in [1.29, 1.82) is 5.26 Å². The molecular weight excluding hydrogens is 350 g/mol. The number of thiocarbonyl (C=S) groups is 1. The Kier molecular flexibility index (Phi) is 6.15. The second-order valence-electron chi connectivity index (χ2n) is 6.77. The van der Waals surface area contributed by atoms with E-state index in [0.29, 0.717) is 21.9 Å². The number of aromatic nitrogens is 1. The third kappa shape index (κ3) is 4.56. The lowest BCUT2D eigenvalue weighted by atomic mass is 9.95. The van der Waals surface area contributed by atoms with E-state index in [1.54, 1.807) is 36.6 Å². The van der Waals surface area contributed by atoms with Gasteiger partial charge in [-0.15, -0.1) is 11.3 Å². The molecular formula is C19H23N3OS2. The molecule has 2 rings (SSSR count). The van der Waals surface area contributed by atoms with Crippen molar-refractivity contribution in [2.24, 2.45) is 4.99 Å². The van der Waals surface area contributed by atoms with E-state index in [-0.39, 0.29) is 5.41 Å². The maximum atomic E-state index is 9.14. The zero-order valence-corrected chi connectivity index (χ0v) is 16.9. The van der Waals surface area contributed by atoms with Gasteiger partial charge in [-0.25, -0.2) is 4.99 Å². The lowest BCUT2D eigenvalue weighted by molar-refractivity contribution is 0.414. The molecule has 132 valence electrons. The fraction of sp³-hybridized carbons (Fsp3) is 0.421. The maximum absolute atomic E-state index is 9.14. The largest absolute Gasteiger partial charge is 0.496 e. The summed E-state index contributed by atoms with van der Waals surface area (Å²) >= 11 is 7.20. The van der Waals surface area contributed by atoms with Crippen molar-refractivity contribution in [3.8, 4) is 11.8 Å². The molecule has 1 heterocycles. The number of nitrogens with zero attached hydrogens (tertiary/aromatic N) is 3. The molecule has 0 aliphatic carbocycles. The van der Waals surface area contributed by atoms with Gasteiger partial charge in [0.25, 0.3) is 0 Å². The summed E-state index contributed by atoms with van der Waals surface area (Å²) in [5.74, 6) is 0.627. The topological polar surface area (TPSA) is 50.3 Å². The lowest BCUT2D eigenvalue weighted by Gasteiger charge is -2.14. The van der Waals surface area contributed by atoms with E-state index in [0.717, 1.165) is 17.8 Å². The van der Waals surface area contributed by atoms with Crippen LogP contribution in [0, 0.1) is 11.3 Å². The summed E-state index contributed by atoms with van der Waals surface area (Å²) in [6.45, 7) is 9.61. The van der Waals surface area contributed by atoms with Crippen LogP contribution in [-0.4, -0.2) is 16.7 Å². The number of aryl methyl sites for hydroxylation is 1. The molecule has 0 spiro atoms. The minimum Gasteiger partial charge on any atom is -0.496 e. The second-order valence-corrected chi connectivity index (χ2v) is 8.16. The van der Waals surface area contributed by atoms with E-state index in [4.69, 9.17) is 22.2 Å². The van der Waals surface area contributed by atoms with Gasteiger partial charge in [-0.3, -0.25) is 0 Å². The number of benzene rings is 1. The van der Waals surface area contributed by atoms with Gasteiger partial charge in [0.15, 0.2) is 4.80 Å². The molecule has 4 nitrogen and oxygen atoms in total. The monoisotopic (exact) mass is 373 g/mol. The third-order valence-corrected chi connectivity index (χ3v) is 5.44. The van der Waals surface area contributed by atoms with Crippen molar-refractivity contribution in [2.45, 2.75) is 46.1 Å². The van der Waals surface area contributed by atoms with Crippen molar-refractivity contribution in [1.82, 2.24) is 4.57 Å². The van der Waals surface area contributed by atoms with Gasteiger partial charge in [0.1, 0.15) is 10.7 Å². The molecule has 0 N–H and O–H groups in total. The highest BCUT2D eigenvalue weighted by molar-refractivity contribution is 7.80. The van der Waals surface area contributed by atoms with E-state index in [1.165, 1.54) is 4.88 Å². The van der Waals surface area contributed by atoms with Gasteiger partial charge in [0.2, 0.25) is 0 Å². The molecule has 1 aromatic heterocycles. The summed E-state index contributed by atoms with van der Waals surface area (Å²) in [5.41, 5.74) is 1.27.